The maximum atomic E-state index is 12.3. The molecule has 1 saturated carbocycles. The monoisotopic (exact) mass is 289 g/mol. The van der Waals surface area contributed by atoms with Crippen molar-refractivity contribution in [1.82, 2.24) is 4.90 Å². The zero-order chi connectivity index (χ0) is 14.9. The van der Waals surface area contributed by atoms with Crippen LogP contribution in [-0.2, 0) is 11.3 Å². The minimum absolute atomic E-state index is 0.264. The third kappa shape index (κ3) is 2.85. The van der Waals surface area contributed by atoms with Crippen LogP contribution in [0.15, 0.2) is 18.2 Å². The standard InChI is InChI=1S/C17H23NO3/c1-20-14-7-13(8-15(9-14)21-2)11-18-12-17(10-16(18)19)5-3-4-6-17/h7-9H,3-6,10-12H2,1-2H3. The fourth-order valence-corrected chi connectivity index (χ4v) is 3.76. The number of likely N-dealkylation sites (tertiary alicyclic amines) is 1. The van der Waals surface area contributed by atoms with E-state index in [9.17, 15) is 4.79 Å². The summed E-state index contributed by atoms with van der Waals surface area (Å²) in [5.41, 5.74) is 1.33. The molecule has 0 atom stereocenters. The van der Waals surface area contributed by atoms with Gasteiger partial charge in [-0.2, -0.15) is 0 Å². The molecule has 1 saturated heterocycles. The van der Waals surface area contributed by atoms with E-state index < -0.39 is 0 Å². The molecule has 4 nitrogen and oxygen atoms in total. The van der Waals surface area contributed by atoms with Crippen LogP contribution in [0.2, 0.25) is 0 Å². The lowest BCUT2D eigenvalue weighted by atomic mass is 9.85. The van der Waals surface area contributed by atoms with Crippen LogP contribution in [0.25, 0.3) is 0 Å². The van der Waals surface area contributed by atoms with Gasteiger partial charge in [0.2, 0.25) is 5.91 Å². The summed E-state index contributed by atoms with van der Waals surface area (Å²) in [6, 6.07) is 5.82. The van der Waals surface area contributed by atoms with Gasteiger partial charge in [0.25, 0.3) is 0 Å². The van der Waals surface area contributed by atoms with E-state index in [1.54, 1.807) is 14.2 Å². The van der Waals surface area contributed by atoms with Crippen molar-refractivity contribution in [3.8, 4) is 11.5 Å². The highest BCUT2D eigenvalue weighted by Gasteiger charge is 2.44. The number of rotatable bonds is 4. The second-order valence-corrected chi connectivity index (χ2v) is 6.35. The Morgan fingerprint density at radius 2 is 1.71 bits per heavy atom. The summed E-state index contributed by atoms with van der Waals surface area (Å²) in [7, 11) is 3.29. The molecule has 0 aromatic heterocycles. The molecule has 1 aromatic rings. The third-order valence-electron chi connectivity index (χ3n) is 4.85. The maximum Gasteiger partial charge on any atom is 0.223 e. The van der Waals surface area contributed by atoms with Gasteiger partial charge >= 0.3 is 0 Å². The van der Waals surface area contributed by atoms with Crippen molar-refractivity contribution in [2.75, 3.05) is 20.8 Å². The lowest BCUT2D eigenvalue weighted by molar-refractivity contribution is -0.128. The Labute approximate surface area is 126 Å². The van der Waals surface area contributed by atoms with Gasteiger partial charge in [0.1, 0.15) is 11.5 Å². The Morgan fingerprint density at radius 1 is 1.10 bits per heavy atom. The molecule has 0 N–H and O–H groups in total. The molecule has 0 radical (unpaired) electrons. The van der Waals surface area contributed by atoms with Gasteiger partial charge in [0, 0.05) is 25.6 Å². The molecule has 1 aromatic carbocycles. The van der Waals surface area contributed by atoms with Crippen LogP contribution in [0.5, 0.6) is 11.5 Å². The third-order valence-corrected chi connectivity index (χ3v) is 4.85. The SMILES string of the molecule is COc1cc(CN2CC3(CCCC3)CC2=O)cc(OC)c1. The molecular weight excluding hydrogens is 266 g/mol. The van der Waals surface area contributed by atoms with E-state index in [2.05, 4.69) is 0 Å². The molecule has 2 fully saturated rings. The van der Waals surface area contributed by atoms with Crippen LogP contribution in [0, 0.1) is 5.41 Å². The molecule has 114 valence electrons. The number of amides is 1. The van der Waals surface area contributed by atoms with Gasteiger partial charge in [-0.05, 0) is 36.0 Å². The number of methoxy groups -OCH3 is 2. The lowest BCUT2D eigenvalue weighted by Crippen LogP contribution is -2.27. The number of hydrogen-bond acceptors (Lipinski definition) is 3. The quantitative estimate of drug-likeness (QED) is 0.855. The number of hydrogen-bond donors (Lipinski definition) is 0. The number of benzene rings is 1. The number of carbonyl (C=O) groups is 1. The zero-order valence-corrected chi connectivity index (χ0v) is 12.9. The van der Waals surface area contributed by atoms with Crippen LogP contribution < -0.4 is 9.47 Å². The number of carbonyl (C=O) groups excluding carboxylic acids is 1. The fourth-order valence-electron chi connectivity index (χ4n) is 3.76. The summed E-state index contributed by atoms with van der Waals surface area (Å²) in [6.07, 6.45) is 5.68. The normalized spacial score (nSPS) is 20.3. The van der Waals surface area contributed by atoms with Gasteiger partial charge in [-0.3, -0.25) is 4.79 Å². The molecule has 1 aliphatic heterocycles. The first kappa shape index (κ1) is 14.2. The predicted molar refractivity (Wildman–Crippen MR) is 80.5 cm³/mol. The molecule has 1 amide bonds. The summed E-state index contributed by atoms with van der Waals surface area (Å²) in [5.74, 6) is 1.83. The van der Waals surface area contributed by atoms with Crippen molar-refractivity contribution in [3.05, 3.63) is 23.8 Å². The van der Waals surface area contributed by atoms with Crippen LogP contribution in [-0.4, -0.2) is 31.6 Å². The smallest absolute Gasteiger partial charge is 0.223 e. The van der Waals surface area contributed by atoms with Gasteiger partial charge in [-0.25, -0.2) is 0 Å². The Hall–Kier alpha value is -1.71. The molecule has 0 unspecified atom stereocenters. The average molecular weight is 289 g/mol. The molecule has 1 spiro atoms. The Balaban J connectivity index is 1.76. The first-order valence-electron chi connectivity index (χ1n) is 7.64. The van der Waals surface area contributed by atoms with Crippen molar-refractivity contribution >= 4 is 5.91 Å². The number of ether oxygens (including phenoxy) is 2. The van der Waals surface area contributed by atoms with E-state index in [1.165, 1.54) is 25.7 Å². The second kappa shape index (κ2) is 5.58. The molecule has 21 heavy (non-hydrogen) atoms. The largest absolute Gasteiger partial charge is 0.497 e. The van der Waals surface area contributed by atoms with E-state index in [0.29, 0.717) is 12.5 Å². The van der Waals surface area contributed by atoms with Crippen molar-refractivity contribution in [2.24, 2.45) is 5.41 Å². The minimum atomic E-state index is 0.264. The minimum Gasteiger partial charge on any atom is -0.497 e. The van der Waals surface area contributed by atoms with Crippen LogP contribution in [0.3, 0.4) is 0 Å². The summed E-state index contributed by atoms with van der Waals surface area (Å²) in [4.78, 5) is 14.3. The summed E-state index contributed by atoms with van der Waals surface area (Å²) in [6.45, 7) is 1.56. The van der Waals surface area contributed by atoms with Gasteiger partial charge in [-0.15, -0.1) is 0 Å². The van der Waals surface area contributed by atoms with E-state index in [0.717, 1.165) is 30.0 Å². The summed E-state index contributed by atoms with van der Waals surface area (Å²) >= 11 is 0. The van der Waals surface area contributed by atoms with Crippen molar-refractivity contribution in [2.45, 2.75) is 38.6 Å². The van der Waals surface area contributed by atoms with E-state index >= 15 is 0 Å². The molecule has 1 heterocycles. The van der Waals surface area contributed by atoms with Crippen LogP contribution in [0.1, 0.15) is 37.7 Å². The average Bonchev–Trinajstić information content (AvgIpc) is 3.06. The van der Waals surface area contributed by atoms with Crippen molar-refractivity contribution in [3.63, 3.8) is 0 Å². The first-order chi connectivity index (χ1) is 10.1. The summed E-state index contributed by atoms with van der Waals surface area (Å²) in [5, 5.41) is 0. The van der Waals surface area contributed by atoms with Crippen molar-refractivity contribution in [1.29, 1.82) is 0 Å². The van der Waals surface area contributed by atoms with Crippen LogP contribution in [0.4, 0.5) is 0 Å². The molecule has 4 heteroatoms. The molecular formula is C17H23NO3. The second-order valence-electron chi connectivity index (χ2n) is 6.35. The summed E-state index contributed by atoms with van der Waals surface area (Å²) < 4.78 is 10.6. The Morgan fingerprint density at radius 3 is 2.29 bits per heavy atom. The Bertz CT molecular complexity index is 513. The maximum absolute atomic E-state index is 12.3. The molecule has 2 aliphatic rings. The highest BCUT2D eigenvalue weighted by atomic mass is 16.5. The fraction of sp³-hybridized carbons (Fsp3) is 0.588. The highest BCUT2D eigenvalue weighted by Crippen LogP contribution is 2.46. The highest BCUT2D eigenvalue weighted by molar-refractivity contribution is 5.79. The van der Waals surface area contributed by atoms with E-state index in [1.807, 2.05) is 23.1 Å². The van der Waals surface area contributed by atoms with E-state index in [-0.39, 0.29) is 5.41 Å². The molecule has 0 bridgehead atoms. The molecule has 3 rings (SSSR count). The first-order valence-corrected chi connectivity index (χ1v) is 7.64. The van der Waals surface area contributed by atoms with Crippen molar-refractivity contribution < 1.29 is 14.3 Å². The number of nitrogens with zero attached hydrogens (tertiary/aromatic N) is 1. The van der Waals surface area contributed by atoms with Gasteiger partial charge < -0.3 is 14.4 Å². The Kier molecular flexibility index (Phi) is 3.79. The predicted octanol–water partition coefficient (Wildman–Crippen LogP) is 3.00. The van der Waals surface area contributed by atoms with Gasteiger partial charge in [0.15, 0.2) is 0 Å². The topological polar surface area (TPSA) is 38.8 Å². The van der Waals surface area contributed by atoms with Gasteiger partial charge in [0.05, 0.1) is 14.2 Å². The van der Waals surface area contributed by atoms with Gasteiger partial charge in [-0.1, -0.05) is 12.8 Å². The zero-order valence-electron chi connectivity index (χ0n) is 12.9. The molecule has 1 aliphatic carbocycles. The van der Waals surface area contributed by atoms with E-state index in [4.69, 9.17) is 9.47 Å². The van der Waals surface area contributed by atoms with Crippen LogP contribution >= 0.6 is 0 Å². The lowest BCUT2D eigenvalue weighted by Gasteiger charge is -2.23.